The minimum absolute atomic E-state index is 0.230. The molecule has 1 aromatic carbocycles. The predicted molar refractivity (Wildman–Crippen MR) is 94.6 cm³/mol. The van der Waals surface area contributed by atoms with Gasteiger partial charge in [0, 0.05) is 31.2 Å². The first-order valence-electron chi connectivity index (χ1n) is 7.31. The highest BCUT2D eigenvalue weighted by atomic mass is 35.5. The van der Waals surface area contributed by atoms with E-state index in [4.69, 9.17) is 23.2 Å². The number of carbonyl (C=O) groups is 1. The fourth-order valence-electron chi connectivity index (χ4n) is 2.21. The van der Waals surface area contributed by atoms with Gasteiger partial charge in [-0.3, -0.25) is 14.5 Å². The number of aryl methyl sites for hydroxylation is 2. The van der Waals surface area contributed by atoms with Crippen molar-refractivity contribution in [1.82, 2.24) is 14.8 Å². The predicted octanol–water partition coefficient (Wildman–Crippen LogP) is 4.08. The summed E-state index contributed by atoms with van der Waals surface area (Å²) in [5.74, 6) is 0.118. The van der Waals surface area contributed by atoms with Crippen molar-refractivity contribution < 1.29 is 4.79 Å². The van der Waals surface area contributed by atoms with Crippen molar-refractivity contribution in [3.05, 3.63) is 76.2 Å². The van der Waals surface area contributed by atoms with Crippen LogP contribution in [0.4, 0.5) is 5.82 Å². The van der Waals surface area contributed by atoms with E-state index < -0.39 is 0 Å². The minimum atomic E-state index is -0.345. The fourth-order valence-corrected chi connectivity index (χ4v) is 2.60. The van der Waals surface area contributed by atoms with E-state index in [1.54, 1.807) is 41.3 Å². The maximum Gasteiger partial charge on any atom is 0.258 e. The van der Waals surface area contributed by atoms with Crippen molar-refractivity contribution in [3.63, 3.8) is 0 Å². The topological polar surface area (TPSA) is 59.8 Å². The first kappa shape index (κ1) is 16.5. The Morgan fingerprint density at radius 3 is 2.71 bits per heavy atom. The summed E-state index contributed by atoms with van der Waals surface area (Å²) < 4.78 is 1.77. The van der Waals surface area contributed by atoms with Crippen LogP contribution in [0.5, 0.6) is 0 Å². The van der Waals surface area contributed by atoms with Crippen LogP contribution in [-0.4, -0.2) is 20.7 Å². The molecule has 0 fully saturated rings. The number of rotatable bonds is 5. The summed E-state index contributed by atoms with van der Waals surface area (Å²) in [4.78, 5) is 16.3. The SMILES string of the molecule is O=C(Nc1ccn(CCc2ccncc2)n1)c1cccc(Cl)c1Cl. The average molecular weight is 361 g/mol. The second-order valence-corrected chi connectivity index (χ2v) is 5.91. The maximum absolute atomic E-state index is 12.3. The molecule has 3 rings (SSSR count). The summed E-state index contributed by atoms with van der Waals surface area (Å²) in [5, 5.41) is 7.63. The highest BCUT2D eigenvalue weighted by Gasteiger charge is 2.13. The Balaban J connectivity index is 1.63. The zero-order valence-corrected chi connectivity index (χ0v) is 14.1. The minimum Gasteiger partial charge on any atom is -0.305 e. The van der Waals surface area contributed by atoms with Gasteiger partial charge in [0.15, 0.2) is 5.82 Å². The molecule has 0 radical (unpaired) electrons. The number of pyridine rings is 1. The van der Waals surface area contributed by atoms with Crippen LogP contribution in [0, 0.1) is 0 Å². The molecule has 2 heterocycles. The number of halogens is 2. The van der Waals surface area contributed by atoms with Crippen LogP contribution in [0.2, 0.25) is 10.0 Å². The molecular weight excluding hydrogens is 347 g/mol. The number of hydrogen-bond acceptors (Lipinski definition) is 3. The molecule has 0 unspecified atom stereocenters. The molecular formula is C17H14Cl2N4O. The van der Waals surface area contributed by atoms with E-state index in [9.17, 15) is 4.79 Å². The smallest absolute Gasteiger partial charge is 0.258 e. The normalized spacial score (nSPS) is 10.6. The van der Waals surface area contributed by atoms with Crippen LogP contribution >= 0.6 is 23.2 Å². The maximum atomic E-state index is 12.3. The first-order valence-corrected chi connectivity index (χ1v) is 8.07. The molecule has 0 saturated heterocycles. The van der Waals surface area contributed by atoms with Crippen LogP contribution in [0.15, 0.2) is 55.0 Å². The van der Waals surface area contributed by atoms with E-state index in [0.717, 1.165) is 6.42 Å². The van der Waals surface area contributed by atoms with Crippen molar-refractivity contribution >= 4 is 34.9 Å². The van der Waals surface area contributed by atoms with Crippen LogP contribution in [0.1, 0.15) is 15.9 Å². The standard InChI is InChI=1S/C17H14Cl2N4O/c18-14-3-1-2-13(16(14)19)17(24)21-15-7-11-23(22-15)10-6-12-4-8-20-9-5-12/h1-5,7-9,11H,6,10H2,(H,21,22,24). The quantitative estimate of drug-likeness (QED) is 0.745. The number of hydrogen-bond donors (Lipinski definition) is 1. The van der Waals surface area contributed by atoms with E-state index in [1.807, 2.05) is 18.3 Å². The lowest BCUT2D eigenvalue weighted by atomic mass is 10.2. The lowest BCUT2D eigenvalue weighted by Crippen LogP contribution is -2.13. The summed E-state index contributed by atoms with van der Waals surface area (Å²) in [6.07, 6.45) is 6.17. The molecule has 0 saturated carbocycles. The third kappa shape index (κ3) is 3.93. The first-order chi connectivity index (χ1) is 11.6. The lowest BCUT2D eigenvalue weighted by molar-refractivity contribution is 0.102. The average Bonchev–Trinajstić information content (AvgIpc) is 3.04. The van der Waals surface area contributed by atoms with E-state index in [2.05, 4.69) is 15.4 Å². The Morgan fingerprint density at radius 2 is 1.92 bits per heavy atom. The molecule has 0 aliphatic carbocycles. The summed E-state index contributed by atoms with van der Waals surface area (Å²) in [6.45, 7) is 0.706. The fraction of sp³-hybridized carbons (Fsp3) is 0.118. The number of benzene rings is 1. The molecule has 2 aromatic heterocycles. The van der Waals surface area contributed by atoms with Gasteiger partial charge in [0.25, 0.3) is 5.91 Å². The van der Waals surface area contributed by atoms with Gasteiger partial charge in [-0.05, 0) is 36.2 Å². The second kappa shape index (κ2) is 7.47. The zero-order chi connectivity index (χ0) is 16.9. The van der Waals surface area contributed by atoms with Crippen LogP contribution < -0.4 is 5.32 Å². The summed E-state index contributed by atoms with van der Waals surface area (Å²) in [6, 6.07) is 10.6. The molecule has 122 valence electrons. The monoisotopic (exact) mass is 360 g/mol. The highest BCUT2D eigenvalue weighted by Crippen LogP contribution is 2.26. The van der Waals surface area contributed by atoms with Crippen molar-refractivity contribution in [1.29, 1.82) is 0 Å². The van der Waals surface area contributed by atoms with Gasteiger partial charge in [0.1, 0.15) is 0 Å². The van der Waals surface area contributed by atoms with E-state index in [1.165, 1.54) is 5.56 Å². The van der Waals surface area contributed by atoms with E-state index in [-0.39, 0.29) is 10.9 Å². The Morgan fingerprint density at radius 1 is 1.12 bits per heavy atom. The number of nitrogens with zero attached hydrogens (tertiary/aromatic N) is 3. The molecule has 7 heteroatoms. The largest absolute Gasteiger partial charge is 0.305 e. The Hall–Kier alpha value is -2.37. The van der Waals surface area contributed by atoms with Gasteiger partial charge in [-0.2, -0.15) is 5.10 Å². The third-order valence-electron chi connectivity index (χ3n) is 3.46. The van der Waals surface area contributed by atoms with Gasteiger partial charge in [-0.1, -0.05) is 29.3 Å². The van der Waals surface area contributed by atoms with E-state index >= 15 is 0 Å². The van der Waals surface area contributed by atoms with Crippen LogP contribution in [-0.2, 0) is 13.0 Å². The molecule has 0 spiro atoms. The molecule has 0 bridgehead atoms. The third-order valence-corrected chi connectivity index (χ3v) is 4.28. The highest BCUT2D eigenvalue weighted by molar-refractivity contribution is 6.44. The van der Waals surface area contributed by atoms with Gasteiger partial charge < -0.3 is 5.32 Å². The number of anilines is 1. The van der Waals surface area contributed by atoms with Gasteiger partial charge in [-0.25, -0.2) is 0 Å². The van der Waals surface area contributed by atoms with Gasteiger partial charge >= 0.3 is 0 Å². The Labute approximate surface area is 149 Å². The number of nitrogens with one attached hydrogen (secondary N) is 1. The molecule has 3 aromatic rings. The molecule has 24 heavy (non-hydrogen) atoms. The van der Waals surface area contributed by atoms with Crippen molar-refractivity contribution in [2.75, 3.05) is 5.32 Å². The van der Waals surface area contributed by atoms with Crippen molar-refractivity contribution in [2.45, 2.75) is 13.0 Å². The zero-order valence-electron chi connectivity index (χ0n) is 12.6. The second-order valence-electron chi connectivity index (χ2n) is 5.13. The number of amides is 1. The molecule has 1 amide bonds. The molecule has 0 aliphatic heterocycles. The van der Waals surface area contributed by atoms with Crippen molar-refractivity contribution in [2.24, 2.45) is 0 Å². The Bertz CT molecular complexity index is 849. The summed E-state index contributed by atoms with van der Waals surface area (Å²) >= 11 is 12.0. The summed E-state index contributed by atoms with van der Waals surface area (Å²) in [7, 11) is 0. The molecule has 1 N–H and O–H groups in total. The van der Waals surface area contributed by atoms with Crippen molar-refractivity contribution in [3.8, 4) is 0 Å². The van der Waals surface area contributed by atoms with Gasteiger partial charge in [0.2, 0.25) is 0 Å². The van der Waals surface area contributed by atoms with Crippen LogP contribution in [0.3, 0.4) is 0 Å². The molecule has 0 atom stereocenters. The lowest BCUT2D eigenvalue weighted by Gasteiger charge is -2.05. The summed E-state index contributed by atoms with van der Waals surface area (Å²) in [5.41, 5.74) is 1.49. The molecule has 0 aliphatic rings. The molecule has 5 nitrogen and oxygen atoms in total. The van der Waals surface area contributed by atoms with Gasteiger partial charge in [-0.15, -0.1) is 0 Å². The number of carbonyl (C=O) groups excluding carboxylic acids is 1. The number of aromatic nitrogens is 3. The van der Waals surface area contributed by atoms with Gasteiger partial charge in [0.05, 0.1) is 15.6 Å². The van der Waals surface area contributed by atoms with E-state index in [0.29, 0.717) is 22.9 Å². The Kier molecular flexibility index (Phi) is 5.13. The van der Waals surface area contributed by atoms with Crippen LogP contribution in [0.25, 0.3) is 0 Å².